The molecule has 1 heterocycles. The average Bonchev–Trinajstić information content (AvgIpc) is 2.34. The number of hydrogen-bond acceptors (Lipinski definition) is 2. The highest BCUT2D eigenvalue weighted by Crippen LogP contribution is 2.23. The van der Waals surface area contributed by atoms with E-state index in [0.717, 1.165) is 19.4 Å². The van der Waals surface area contributed by atoms with Crippen LogP contribution >= 0.6 is 0 Å². The van der Waals surface area contributed by atoms with E-state index in [4.69, 9.17) is 5.11 Å². The van der Waals surface area contributed by atoms with Crippen molar-refractivity contribution in [1.82, 2.24) is 4.90 Å². The first-order chi connectivity index (χ1) is 8.56. The largest absolute Gasteiger partial charge is 0.481 e. The van der Waals surface area contributed by atoms with Gasteiger partial charge in [-0.25, -0.2) is 0 Å². The van der Waals surface area contributed by atoms with Gasteiger partial charge in [-0.3, -0.25) is 9.69 Å². The first kappa shape index (κ1) is 13.1. The van der Waals surface area contributed by atoms with Gasteiger partial charge in [0.1, 0.15) is 0 Å². The highest BCUT2D eigenvalue weighted by Gasteiger charge is 2.29. The summed E-state index contributed by atoms with van der Waals surface area (Å²) in [7, 11) is 0. The standard InChI is InChI=1S/C15H21NO2/c1-11-3-6-13(7-4-11)9-16-10-14(15(17)18)8-5-12(16)2/h3-4,6-7,12,14H,5,8-10H2,1-2H3,(H,17,18). The molecule has 1 fully saturated rings. The lowest BCUT2D eigenvalue weighted by Crippen LogP contribution is -2.43. The van der Waals surface area contributed by atoms with E-state index in [-0.39, 0.29) is 5.92 Å². The number of carboxylic acid groups (broad SMARTS) is 1. The quantitative estimate of drug-likeness (QED) is 0.892. The molecule has 2 unspecified atom stereocenters. The summed E-state index contributed by atoms with van der Waals surface area (Å²) in [4.78, 5) is 13.4. The number of benzene rings is 1. The van der Waals surface area contributed by atoms with Crippen LogP contribution in [0.2, 0.25) is 0 Å². The topological polar surface area (TPSA) is 40.5 Å². The van der Waals surface area contributed by atoms with Gasteiger partial charge in [-0.1, -0.05) is 29.8 Å². The molecule has 0 radical (unpaired) electrons. The Hall–Kier alpha value is -1.35. The van der Waals surface area contributed by atoms with Gasteiger partial charge in [-0.05, 0) is 32.3 Å². The van der Waals surface area contributed by atoms with Crippen molar-refractivity contribution in [3.8, 4) is 0 Å². The van der Waals surface area contributed by atoms with E-state index in [0.29, 0.717) is 12.6 Å². The number of nitrogens with zero attached hydrogens (tertiary/aromatic N) is 1. The minimum atomic E-state index is -0.657. The van der Waals surface area contributed by atoms with E-state index >= 15 is 0 Å². The molecular formula is C15H21NO2. The minimum absolute atomic E-state index is 0.202. The molecule has 2 rings (SSSR count). The zero-order valence-electron chi connectivity index (χ0n) is 11.1. The minimum Gasteiger partial charge on any atom is -0.481 e. The Morgan fingerprint density at radius 1 is 1.33 bits per heavy atom. The fourth-order valence-corrected chi connectivity index (χ4v) is 2.53. The van der Waals surface area contributed by atoms with Crippen LogP contribution in [-0.4, -0.2) is 28.6 Å². The van der Waals surface area contributed by atoms with Crippen molar-refractivity contribution in [3.05, 3.63) is 35.4 Å². The van der Waals surface area contributed by atoms with E-state index in [9.17, 15) is 4.79 Å². The summed E-state index contributed by atoms with van der Waals surface area (Å²) in [5, 5.41) is 9.12. The second-order valence-electron chi connectivity index (χ2n) is 5.38. The predicted molar refractivity (Wildman–Crippen MR) is 71.4 cm³/mol. The zero-order chi connectivity index (χ0) is 13.1. The van der Waals surface area contributed by atoms with Crippen LogP contribution in [-0.2, 0) is 11.3 Å². The maximum absolute atomic E-state index is 11.1. The summed E-state index contributed by atoms with van der Waals surface area (Å²) in [5.41, 5.74) is 2.52. The maximum atomic E-state index is 11.1. The predicted octanol–water partition coefficient (Wildman–Crippen LogP) is 2.68. The Labute approximate surface area is 108 Å². The second-order valence-corrected chi connectivity index (χ2v) is 5.38. The van der Waals surface area contributed by atoms with Gasteiger partial charge in [0.15, 0.2) is 0 Å². The highest BCUT2D eigenvalue weighted by atomic mass is 16.4. The molecule has 0 bridgehead atoms. The molecule has 1 N–H and O–H groups in total. The summed E-state index contributed by atoms with van der Waals surface area (Å²) >= 11 is 0. The van der Waals surface area contributed by atoms with Crippen molar-refractivity contribution in [1.29, 1.82) is 0 Å². The van der Waals surface area contributed by atoms with Crippen LogP contribution in [0.1, 0.15) is 30.9 Å². The van der Waals surface area contributed by atoms with Gasteiger partial charge in [0, 0.05) is 19.1 Å². The monoisotopic (exact) mass is 247 g/mol. The molecule has 3 nitrogen and oxygen atoms in total. The third-order valence-corrected chi connectivity index (χ3v) is 3.87. The molecule has 1 aromatic rings. The van der Waals surface area contributed by atoms with E-state index in [1.54, 1.807) is 0 Å². The van der Waals surface area contributed by atoms with Crippen molar-refractivity contribution in [2.24, 2.45) is 5.92 Å². The molecule has 2 atom stereocenters. The molecule has 1 aliphatic heterocycles. The Balaban J connectivity index is 2.02. The summed E-state index contributed by atoms with van der Waals surface area (Å²) in [6.07, 6.45) is 1.78. The number of rotatable bonds is 3. The molecule has 98 valence electrons. The van der Waals surface area contributed by atoms with Crippen molar-refractivity contribution >= 4 is 5.97 Å². The molecule has 0 saturated carbocycles. The molecule has 1 saturated heterocycles. The zero-order valence-corrected chi connectivity index (χ0v) is 11.1. The number of likely N-dealkylation sites (tertiary alicyclic amines) is 1. The van der Waals surface area contributed by atoms with E-state index in [1.807, 2.05) is 0 Å². The van der Waals surface area contributed by atoms with Gasteiger partial charge in [0.2, 0.25) is 0 Å². The van der Waals surface area contributed by atoms with E-state index < -0.39 is 5.97 Å². The van der Waals surface area contributed by atoms with Crippen LogP contribution < -0.4 is 0 Å². The number of carboxylic acids is 1. The first-order valence-electron chi connectivity index (χ1n) is 6.58. The number of piperidine rings is 1. The Morgan fingerprint density at radius 2 is 2.00 bits per heavy atom. The maximum Gasteiger partial charge on any atom is 0.307 e. The van der Waals surface area contributed by atoms with Gasteiger partial charge in [-0.15, -0.1) is 0 Å². The van der Waals surface area contributed by atoms with Crippen LogP contribution in [0.5, 0.6) is 0 Å². The third-order valence-electron chi connectivity index (χ3n) is 3.87. The van der Waals surface area contributed by atoms with Gasteiger partial charge in [0.25, 0.3) is 0 Å². The summed E-state index contributed by atoms with van der Waals surface area (Å²) in [6.45, 7) is 5.79. The Bertz CT molecular complexity index is 413. The van der Waals surface area contributed by atoms with Gasteiger partial charge >= 0.3 is 5.97 Å². The SMILES string of the molecule is Cc1ccc(CN2CC(C(=O)O)CCC2C)cc1. The van der Waals surface area contributed by atoms with Crippen LogP contribution in [0.4, 0.5) is 0 Å². The van der Waals surface area contributed by atoms with Crippen molar-refractivity contribution in [2.75, 3.05) is 6.54 Å². The molecule has 18 heavy (non-hydrogen) atoms. The van der Waals surface area contributed by atoms with Crippen molar-refractivity contribution < 1.29 is 9.90 Å². The number of aryl methyl sites for hydroxylation is 1. The van der Waals surface area contributed by atoms with Gasteiger partial charge in [0.05, 0.1) is 5.92 Å². The van der Waals surface area contributed by atoms with Gasteiger partial charge < -0.3 is 5.11 Å². The third kappa shape index (κ3) is 3.10. The van der Waals surface area contributed by atoms with Crippen LogP contribution in [0.3, 0.4) is 0 Å². The summed E-state index contributed by atoms with van der Waals surface area (Å²) in [6, 6.07) is 8.96. The molecular weight excluding hydrogens is 226 g/mol. The molecule has 1 aromatic carbocycles. The van der Waals surface area contributed by atoms with Crippen molar-refractivity contribution in [2.45, 2.75) is 39.3 Å². The molecule has 0 spiro atoms. The van der Waals surface area contributed by atoms with Crippen LogP contribution in [0.25, 0.3) is 0 Å². The Morgan fingerprint density at radius 3 is 2.61 bits per heavy atom. The fraction of sp³-hybridized carbons (Fsp3) is 0.533. The fourth-order valence-electron chi connectivity index (χ4n) is 2.53. The summed E-state index contributed by atoms with van der Waals surface area (Å²) in [5.74, 6) is -0.859. The lowest BCUT2D eigenvalue weighted by Gasteiger charge is -2.36. The number of aliphatic carboxylic acids is 1. The number of hydrogen-bond donors (Lipinski definition) is 1. The van der Waals surface area contributed by atoms with E-state index in [1.165, 1.54) is 11.1 Å². The summed E-state index contributed by atoms with van der Waals surface area (Å²) < 4.78 is 0. The lowest BCUT2D eigenvalue weighted by molar-refractivity contribution is -0.144. The highest BCUT2D eigenvalue weighted by molar-refractivity contribution is 5.70. The van der Waals surface area contributed by atoms with Crippen LogP contribution in [0.15, 0.2) is 24.3 Å². The normalized spacial score (nSPS) is 25.0. The van der Waals surface area contributed by atoms with E-state index in [2.05, 4.69) is 43.0 Å². The first-order valence-corrected chi connectivity index (χ1v) is 6.58. The Kier molecular flexibility index (Phi) is 4.02. The second kappa shape index (κ2) is 5.53. The molecule has 0 aliphatic carbocycles. The molecule has 1 aliphatic rings. The number of carbonyl (C=O) groups is 1. The lowest BCUT2D eigenvalue weighted by atomic mass is 9.93. The average molecular weight is 247 g/mol. The molecule has 0 aromatic heterocycles. The molecule has 0 amide bonds. The smallest absolute Gasteiger partial charge is 0.307 e. The van der Waals surface area contributed by atoms with Crippen molar-refractivity contribution in [3.63, 3.8) is 0 Å². The van der Waals surface area contributed by atoms with Crippen LogP contribution in [0, 0.1) is 12.8 Å². The van der Waals surface area contributed by atoms with Gasteiger partial charge in [-0.2, -0.15) is 0 Å². The molecule has 3 heteroatoms.